The Bertz CT molecular complexity index is 1020. The van der Waals surface area contributed by atoms with Crippen LogP contribution in [0.5, 0.6) is 5.75 Å². The van der Waals surface area contributed by atoms with Gasteiger partial charge < -0.3 is 35.0 Å². The first kappa shape index (κ1) is 23.6. The van der Waals surface area contributed by atoms with Gasteiger partial charge in [0, 0.05) is 5.41 Å². The Morgan fingerprint density at radius 3 is 2.62 bits per heavy atom. The molecule has 2 saturated carbocycles. The molecule has 1 aromatic rings. The van der Waals surface area contributed by atoms with Crippen molar-refractivity contribution in [2.24, 2.45) is 17.3 Å². The molecule has 0 bridgehead atoms. The number of fused-ring (bicyclic) bond motifs is 5. The lowest BCUT2D eigenvalue weighted by Gasteiger charge is -2.54. The van der Waals surface area contributed by atoms with Crippen molar-refractivity contribution >= 4 is 5.97 Å². The number of rotatable bonds is 3. The van der Waals surface area contributed by atoms with Crippen molar-refractivity contribution in [3.63, 3.8) is 0 Å². The van der Waals surface area contributed by atoms with Crippen LogP contribution >= 0.6 is 0 Å². The molecule has 0 aromatic heterocycles. The molecular weight excluding hydrogens is 440 g/mol. The second-order valence-corrected chi connectivity index (χ2v) is 10.6. The number of ether oxygens (including phenoxy) is 2. The van der Waals surface area contributed by atoms with Crippen LogP contribution in [0.4, 0.5) is 0 Å². The number of aliphatic carboxylic acids is 1. The van der Waals surface area contributed by atoms with Gasteiger partial charge in [0.15, 0.2) is 12.4 Å². The van der Waals surface area contributed by atoms with E-state index < -0.39 is 47.7 Å². The number of carbonyl (C=O) groups is 1. The third-order valence-electron chi connectivity index (χ3n) is 9.19. The van der Waals surface area contributed by atoms with Gasteiger partial charge in [0.2, 0.25) is 0 Å². The summed E-state index contributed by atoms with van der Waals surface area (Å²) in [5, 5.41) is 50.1. The molecule has 184 valence electrons. The van der Waals surface area contributed by atoms with Crippen LogP contribution in [-0.4, -0.2) is 67.8 Å². The van der Waals surface area contributed by atoms with Crippen LogP contribution in [0, 0.1) is 29.6 Å². The fourth-order valence-electron chi connectivity index (χ4n) is 7.38. The number of aromatic hydroxyl groups is 1. The van der Waals surface area contributed by atoms with Crippen molar-refractivity contribution < 1.29 is 39.8 Å². The monoisotopic (exact) mass is 472 g/mol. The van der Waals surface area contributed by atoms with Crippen LogP contribution in [0.3, 0.4) is 0 Å². The van der Waals surface area contributed by atoms with Gasteiger partial charge in [0.05, 0.1) is 0 Å². The highest BCUT2D eigenvalue weighted by Gasteiger charge is 2.64. The summed E-state index contributed by atoms with van der Waals surface area (Å²) in [6, 6.07) is 5.65. The van der Waals surface area contributed by atoms with Gasteiger partial charge in [-0.1, -0.05) is 18.9 Å². The van der Waals surface area contributed by atoms with Crippen molar-refractivity contribution in [2.75, 3.05) is 0 Å². The Morgan fingerprint density at radius 1 is 1.15 bits per heavy atom. The van der Waals surface area contributed by atoms with Gasteiger partial charge in [0.1, 0.15) is 29.7 Å². The van der Waals surface area contributed by atoms with Crippen LogP contribution in [-0.2, 0) is 20.7 Å². The number of phenolic OH excluding ortho intramolecular Hbond substituents is 1. The Morgan fingerprint density at radius 2 is 1.91 bits per heavy atom. The van der Waals surface area contributed by atoms with Crippen LogP contribution in [0.15, 0.2) is 18.2 Å². The minimum absolute atomic E-state index is 0.260. The molecule has 1 heterocycles. The lowest BCUT2D eigenvalue weighted by Crippen LogP contribution is -2.63. The Kier molecular flexibility index (Phi) is 5.70. The molecular formula is C26H32O8. The molecule has 1 saturated heterocycles. The van der Waals surface area contributed by atoms with E-state index in [1.165, 1.54) is 11.1 Å². The lowest BCUT2D eigenvalue weighted by atomic mass is 9.53. The average Bonchev–Trinajstić information content (AvgIpc) is 3.11. The zero-order valence-corrected chi connectivity index (χ0v) is 19.1. The summed E-state index contributed by atoms with van der Waals surface area (Å²) < 4.78 is 11.7. The van der Waals surface area contributed by atoms with Gasteiger partial charge in [-0.2, -0.15) is 0 Å². The molecule has 8 nitrogen and oxygen atoms in total. The lowest BCUT2D eigenvalue weighted by molar-refractivity contribution is -0.324. The minimum atomic E-state index is -1.78. The van der Waals surface area contributed by atoms with Gasteiger partial charge in [-0.3, -0.25) is 0 Å². The van der Waals surface area contributed by atoms with Gasteiger partial charge >= 0.3 is 5.97 Å². The van der Waals surface area contributed by atoms with Crippen molar-refractivity contribution in [2.45, 2.75) is 87.7 Å². The van der Waals surface area contributed by atoms with E-state index in [4.69, 9.17) is 15.9 Å². The number of carboxylic acids is 1. The van der Waals surface area contributed by atoms with E-state index in [0.29, 0.717) is 18.3 Å². The highest BCUT2D eigenvalue weighted by molar-refractivity contribution is 5.73. The molecule has 3 aliphatic carbocycles. The van der Waals surface area contributed by atoms with E-state index in [1.54, 1.807) is 6.07 Å². The first-order valence-corrected chi connectivity index (χ1v) is 12.0. The molecule has 8 heteroatoms. The van der Waals surface area contributed by atoms with Crippen molar-refractivity contribution in [3.8, 4) is 18.1 Å². The summed E-state index contributed by atoms with van der Waals surface area (Å²) in [7, 11) is 0. The van der Waals surface area contributed by atoms with E-state index in [9.17, 15) is 30.3 Å². The van der Waals surface area contributed by atoms with Crippen LogP contribution in [0.25, 0.3) is 0 Å². The Labute approximate surface area is 198 Å². The van der Waals surface area contributed by atoms with Crippen molar-refractivity contribution in [1.82, 2.24) is 0 Å². The summed E-state index contributed by atoms with van der Waals surface area (Å²) in [5.74, 6) is 2.70. The maximum absolute atomic E-state index is 11.5. The number of carboxylic acid groups (broad SMARTS) is 1. The summed E-state index contributed by atoms with van der Waals surface area (Å²) in [6.07, 6.45) is 2.62. The molecule has 34 heavy (non-hydrogen) atoms. The fraction of sp³-hybridized carbons (Fsp3) is 0.654. The minimum Gasteiger partial charge on any atom is -0.508 e. The molecule has 1 aliphatic heterocycles. The zero-order chi connectivity index (χ0) is 24.4. The number of benzene rings is 1. The number of terminal acetylenes is 1. The maximum Gasteiger partial charge on any atom is 0.335 e. The van der Waals surface area contributed by atoms with Crippen LogP contribution in [0.2, 0.25) is 0 Å². The molecule has 0 unspecified atom stereocenters. The van der Waals surface area contributed by atoms with Gasteiger partial charge in [-0.05, 0) is 79.5 Å². The predicted molar refractivity (Wildman–Crippen MR) is 120 cm³/mol. The molecule has 1 aromatic carbocycles. The third kappa shape index (κ3) is 3.29. The summed E-state index contributed by atoms with van der Waals surface area (Å²) in [4.78, 5) is 11.5. The first-order valence-electron chi connectivity index (χ1n) is 12.0. The maximum atomic E-state index is 11.5. The fourth-order valence-corrected chi connectivity index (χ4v) is 7.38. The van der Waals surface area contributed by atoms with Crippen LogP contribution < -0.4 is 0 Å². The smallest absolute Gasteiger partial charge is 0.335 e. The zero-order valence-electron chi connectivity index (χ0n) is 19.1. The van der Waals surface area contributed by atoms with E-state index in [2.05, 4.69) is 12.8 Å². The highest BCUT2D eigenvalue weighted by atomic mass is 16.7. The average molecular weight is 473 g/mol. The molecule has 0 spiro atoms. The van der Waals surface area contributed by atoms with E-state index in [-0.39, 0.29) is 11.7 Å². The topological polar surface area (TPSA) is 137 Å². The summed E-state index contributed by atoms with van der Waals surface area (Å²) >= 11 is 0. The summed E-state index contributed by atoms with van der Waals surface area (Å²) in [6.45, 7) is 2.11. The molecule has 3 fully saturated rings. The quantitative estimate of drug-likeness (QED) is 0.418. The van der Waals surface area contributed by atoms with E-state index in [0.717, 1.165) is 32.1 Å². The van der Waals surface area contributed by atoms with E-state index >= 15 is 0 Å². The van der Waals surface area contributed by atoms with Crippen molar-refractivity contribution in [1.29, 1.82) is 0 Å². The molecule has 0 radical (unpaired) electrons. The Hall–Kier alpha value is -2.15. The highest BCUT2D eigenvalue weighted by Crippen LogP contribution is 2.65. The number of hydrogen-bond donors (Lipinski definition) is 5. The second-order valence-electron chi connectivity index (χ2n) is 10.6. The SMILES string of the molecule is C#C[C@@]1(O[C@H]2O[C@@H](C(=O)O)[C@H](O)[C@@H](O)[C@@H]2O)CC[C@H]2[C@@H]3CCc4cc(O)ccc4[C@H]3CC[C@@]21C. The molecule has 5 rings (SSSR count). The largest absolute Gasteiger partial charge is 0.508 e. The Balaban J connectivity index is 1.42. The molecule has 4 aliphatic rings. The number of aryl methyl sites for hydroxylation is 1. The van der Waals surface area contributed by atoms with Crippen molar-refractivity contribution in [3.05, 3.63) is 29.3 Å². The second kappa shape index (κ2) is 8.21. The molecule has 10 atom stereocenters. The first-order chi connectivity index (χ1) is 16.1. The number of phenols is 1. The summed E-state index contributed by atoms with van der Waals surface area (Å²) in [5.41, 5.74) is 0.963. The predicted octanol–water partition coefficient (Wildman–Crippen LogP) is 1.53. The molecule has 0 amide bonds. The normalized spacial score (nSPS) is 45.5. The third-order valence-corrected chi connectivity index (χ3v) is 9.19. The number of hydrogen-bond acceptors (Lipinski definition) is 7. The standard InChI is InChI=1S/C26H32O8/c1-3-26(34-24-21(30)19(28)20(29)22(33-24)23(31)32)11-9-18-17-6-4-13-12-14(27)5-7-15(13)16(17)8-10-25(18,26)2/h1,5,7,12,16-22,24,27-30H,4,6,8-11H2,2H3,(H,31,32)/t16-,17-,18+,19-,20-,21+,22-,24-,25+,26-/m1/s1. The van der Waals surface area contributed by atoms with E-state index in [1.807, 2.05) is 12.1 Å². The number of aliphatic hydroxyl groups excluding tert-OH is 3. The number of aliphatic hydroxyl groups is 3. The van der Waals surface area contributed by atoms with Gasteiger partial charge in [-0.25, -0.2) is 4.79 Å². The van der Waals surface area contributed by atoms with Crippen LogP contribution in [0.1, 0.15) is 56.1 Å². The van der Waals surface area contributed by atoms with Gasteiger partial charge in [0.25, 0.3) is 0 Å². The molecule has 5 N–H and O–H groups in total. The van der Waals surface area contributed by atoms with Gasteiger partial charge in [-0.15, -0.1) is 6.42 Å².